The van der Waals surface area contributed by atoms with Gasteiger partial charge in [0.15, 0.2) is 11.5 Å². The summed E-state index contributed by atoms with van der Waals surface area (Å²) in [4.78, 5) is 12.8. The van der Waals surface area contributed by atoms with E-state index in [1.807, 2.05) is 36.4 Å². The second-order valence-corrected chi connectivity index (χ2v) is 8.92. The van der Waals surface area contributed by atoms with Gasteiger partial charge < -0.3 is 39.6 Å². The highest BCUT2D eigenvalue weighted by Crippen LogP contribution is 2.43. The lowest BCUT2D eigenvalue weighted by molar-refractivity contribution is -0.218. The number of rotatable bonds is 6. The molecule has 0 aliphatic carbocycles. The van der Waals surface area contributed by atoms with Crippen LogP contribution in [0.4, 0.5) is 16.2 Å². The molecular formula is C28H31N3O6. The molecule has 2 aliphatic heterocycles. The fourth-order valence-electron chi connectivity index (χ4n) is 4.73. The van der Waals surface area contributed by atoms with Crippen LogP contribution in [0.1, 0.15) is 18.4 Å². The topological polar surface area (TPSA) is 99.3 Å². The maximum Gasteiger partial charge on any atom is 0.323 e. The quantitative estimate of drug-likeness (QED) is 0.433. The summed E-state index contributed by atoms with van der Waals surface area (Å²) in [7, 11) is 4.56. The zero-order valence-corrected chi connectivity index (χ0v) is 21.2. The molecule has 3 aromatic carbocycles. The molecule has 9 nitrogen and oxygen atoms in total. The molecule has 0 aromatic heterocycles. The first-order valence-corrected chi connectivity index (χ1v) is 12.2. The Kier molecular flexibility index (Phi) is 7.07. The standard InChI is InChI=1S/C28H31N3O6/c1-33-24-10-8-22(25(34-2)26(24)35-3)31-27(32)30-21-6-4-5-18(16-21)19-7-9-23-20(15-19)17-36-28(37-23)11-13-29-14-12-28/h4-10,15-16,29H,11-14,17H2,1-3H3,(H2,30,31,32). The van der Waals surface area contributed by atoms with Crippen LogP contribution in [0.25, 0.3) is 11.1 Å². The van der Waals surface area contributed by atoms with Crippen molar-refractivity contribution in [1.82, 2.24) is 5.32 Å². The van der Waals surface area contributed by atoms with Gasteiger partial charge in [-0.25, -0.2) is 4.79 Å². The fraction of sp³-hybridized carbons (Fsp3) is 0.321. The molecule has 5 rings (SSSR count). The molecule has 1 saturated heterocycles. The summed E-state index contributed by atoms with van der Waals surface area (Å²) in [6.45, 7) is 2.29. The van der Waals surface area contributed by atoms with Gasteiger partial charge in [-0.1, -0.05) is 18.2 Å². The summed E-state index contributed by atoms with van der Waals surface area (Å²) < 4.78 is 28.6. The molecule has 0 saturated carbocycles. The van der Waals surface area contributed by atoms with E-state index in [1.54, 1.807) is 12.1 Å². The van der Waals surface area contributed by atoms with Crippen molar-refractivity contribution in [1.29, 1.82) is 0 Å². The van der Waals surface area contributed by atoms with E-state index in [0.29, 0.717) is 35.2 Å². The lowest BCUT2D eigenvalue weighted by Gasteiger charge is -2.41. The predicted octanol–water partition coefficient (Wildman–Crippen LogP) is 5.01. The van der Waals surface area contributed by atoms with Gasteiger partial charge in [0.2, 0.25) is 11.5 Å². The molecule has 0 unspecified atom stereocenters. The van der Waals surface area contributed by atoms with Gasteiger partial charge in [0.25, 0.3) is 0 Å². The third kappa shape index (κ3) is 5.14. The average Bonchev–Trinajstić information content (AvgIpc) is 2.93. The Hall–Kier alpha value is -3.95. The van der Waals surface area contributed by atoms with Gasteiger partial charge in [-0.3, -0.25) is 0 Å². The van der Waals surface area contributed by atoms with Crippen LogP contribution < -0.4 is 34.9 Å². The Balaban J connectivity index is 1.30. The van der Waals surface area contributed by atoms with E-state index in [1.165, 1.54) is 21.3 Å². The van der Waals surface area contributed by atoms with Crippen LogP contribution in [0.3, 0.4) is 0 Å². The first-order valence-electron chi connectivity index (χ1n) is 12.2. The third-order valence-electron chi connectivity index (χ3n) is 6.62. The van der Waals surface area contributed by atoms with E-state index in [4.69, 9.17) is 23.7 Å². The number of carbonyl (C=O) groups excluding carboxylic acids is 1. The number of benzene rings is 3. The van der Waals surface area contributed by atoms with E-state index >= 15 is 0 Å². The molecule has 0 bridgehead atoms. The van der Waals surface area contributed by atoms with Gasteiger partial charge in [0, 0.05) is 37.2 Å². The Morgan fingerprint density at radius 3 is 2.43 bits per heavy atom. The average molecular weight is 506 g/mol. The minimum atomic E-state index is -0.520. The monoisotopic (exact) mass is 505 g/mol. The zero-order valence-electron chi connectivity index (χ0n) is 21.2. The molecule has 2 amide bonds. The number of hydrogen-bond donors (Lipinski definition) is 3. The number of hydrogen-bond acceptors (Lipinski definition) is 7. The van der Waals surface area contributed by atoms with E-state index in [2.05, 4.69) is 22.0 Å². The molecular weight excluding hydrogens is 474 g/mol. The molecule has 0 radical (unpaired) electrons. The molecule has 0 atom stereocenters. The smallest absolute Gasteiger partial charge is 0.323 e. The van der Waals surface area contributed by atoms with E-state index in [9.17, 15) is 4.79 Å². The number of ether oxygens (including phenoxy) is 5. The number of carbonyl (C=O) groups is 1. The Labute approximate surface area is 216 Å². The Morgan fingerprint density at radius 1 is 0.892 bits per heavy atom. The summed E-state index contributed by atoms with van der Waals surface area (Å²) in [5.74, 6) is 1.62. The van der Waals surface area contributed by atoms with Crippen LogP contribution in [-0.4, -0.2) is 46.2 Å². The Morgan fingerprint density at radius 2 is 1.68 bits per heavy atom. The van der Waals surface area contributed by atoms with Crippen molar-refractivity contribution in [3.05, 3.63) is 60.2 Å². The molecule has 2 heterocycles. The molecule has 1 fully saturated rings. The first-order chi connectivity index (χ1) is 18.0. The predicted molar refractivity (Wildman–Crippen MR) is 141 cm³/mol. The van der Waals surface area contributed by atoms with Crippen LogP contribution in [0.2, 0.25) is 0 Å². The number of amides is 2. The highest BCUT2D eigenvalue weighted by molar-refractivity contribution is 6.01. The lowest BCUT2D eigenvalue weighted by Crippen LogP contribution is -2.49. The molecule has 9 heteroatoms. The summed E-state index contributed by atoms with van der Waals surface area (Å²) in [6, 6.07) is 16.8. The minimum Gasteiger partial charge on any atom is -0.493 e. The van der Waals surface area contributed by atoms with Gasteiger partial charge in [0.05, 0.1) is 33.6 Å². The Bertz CT molecular complexity index is 1290. The van der Waals surface area contributed by atoms with E-state index < -0.39 is 11.8 Å². The van der Waals surface area contributed by atoms with Crippen LogP contribution >= 0.6 is 0 Å². The van der Waals surface area contributed by atoms with Crippen molar-refractivity contribution in [3.63, 3.8) is 0 Å². The molecule has 194 valence electrons. The third-order valence-corrected chi connectivity index (χ3v) is 6.62. The molecule has 3 N–H and O–H groups in total. The summed E-state index contributed by atoms with van der Waals surface area (Å²) >= 11 is 0. The first kappa shape index (κ1) is 24.7. The molecule has 1 spiro atoms. The molecule has 37 heavy (non-hydrogen) atoms. The minimum absolute atomic E-state index is 0.371. The number of urea groups is 1. The summed E-state index contributed by atoms with van der Waals surface area (Å²) in [6.07, 6.45) is 1.66. The number of methoxy groups -OCH3 is 3. The van der Waals surface area contributed by atoms with Crippen LogP contribution in [-0.2, 0) is 11.3 Å². The van der Waals surface area contributed by atoms with Crippen molar-refractivity contribution in [2.24, 2.45) is 0 Å². The summed E-state index contributed by atoms with van der Waals surface area (Å²) in [5, 5.41) is 9.05. The number of nitrogens with one attached hydrogen (secondary N) is 3. The van der Waals surface area contributed by atoms with Gasteiger partial charge >= 0.3 is 6.03 Å². The SMILES string of the molecule is COc1ccc(NC(=O)Nc2cccc(-c3ccc4c(c3)COC3(CCNCC3)O4)c2)c(OC)c1OC. The van der Waals surface area contributed by atoms with E-state index in [-0.39, 0.29) is 0 Å². The van der Waals surface area contributed by atoms with Crippen molar-refractivity contribution in [3.8, 4) is 34.1 Å². The largest absolute Gasteiger partial charge is 0.493 e. The maximum absolute atomic E-state index is 12.8. The molecule has 2 aliphatic rings. The van der Waals surface area contributed by atoms with Crippen LogP contribution in [0.5, 0.6) is 23.0 Å². The van der Waals surface area contributed by atoms with Crippen molar-refractivity contribution < 1.29 is 28.5 Å². The highest BCUT2D eigenvalue weighted by Gasteiger charge is 2.38. The number of anilines is 2. The second kappa shape index (κ2) is 10.6. The van der Waals surface area contributed by atoms with Gasteiger partial charge in [-0.15, -0.1) is 0 Å². The van der Waals surface area contributed by atoms with Crippen LogP contribution in [0, 0.1) is 0 Å². The van der Waals surface area contributed by atoms with Crippen molar-refractivity contribution >= 4 is 17.4 Å². The van der Waals surface area contributed by atoms with Gasteiger partial charge in [0.1, 0.15) is 5.75 Å². The number of fused-ring (bicyclic) bond motifs is 1. The normalized spacial score (nSPS) is 15.8. The van der Waals surface area contributed by atoms with Gasteiger partial charge in [-0.05, 0) is 47.5 Å². The fourth-order valence-corrected chi connectivity index (χ4v) is 4.73. The lowest BCUT2D eigenvalue weighted by atomic mass is 9.99. The maximum atomic E-state index is 12.8. The second-order valence-electron chi connectivity index (χ2n) is 8.92. The van der Waals surface area contributed by atoms with Crippen molar-refractivity contribution in [2.45, 2.75) is 25.2 Å². The zero-order chi connectivity index (χ0) is 25.8. The van der Waals surface area contributed by atoms with Gasteiger partial charge in [-0.2, -0.15) is 0 Å². The molecule has 3 aromatic rings. The highest BCUT2D eigenvalue weighted by atomic mass is 16.7. The van der Waals surface area contributed by atoms with E-state index in [0.717, 1.165) is 48.4 Å². The summed E-state index contributed by atoms with van der Waals surface area (Å²) in [5.41, 5.74) is 4.09. The number of piperidine rings is 1. The van der Waals surface area contributed by atoms with Crippen LogP contribution in [0.15, 0.2) is 54.6 Å². The van der Waals surface area contributed by atoms with Crippen molar-refractivity contribution in [2.75, 3.05) is 45.1 Å².